The van der Waals surface area contributed by atoms with Gasteiger partial charge in [0.2, 0.25) is 0 Å². The third-order valence-electron chi connectivity index (χ3n) is 4.24. The molecule has 1 saturated heterocycles. The molecule has 3 amide bonds. The lowest BCUT2D eigenvalue weighted by Gasteiger charge is -2.22. The van der Waals surface area contributed by atoms with Gasteiger partial charge in [0.25, 0.3) is 5.91 Å². The molecule has 1 aliphatic heterocycles. The van der Waals surface area contributed by atoms with Crippen molar-refractivity contribution in [2.45, 2.75) is 6.42 Å². The minimum atomic E-state index is -0.368. The maximum absolute atomic E-state index is 13.0. The lowest BCUT2D eigenvalue weighted by molar-refractivity contribution is 0.0762. The van der Waals surface area contributed by atoms with Crippen molar-refractivity contribution in [3.8, 4) is 0 Å². The Kier molecular flexibility index (Phi) is 5.88. The van der Waals surface area contributed by atoms with Crippen LogP contribution in [0.15, 0.2) is 53.0 Å². The zero-order valence-electron chi connectivity index (χ0n) is 14.1. The second-order valence-corrected chi connectivity index (χ2v) is 7.00. The van der Waals surface area contributed by atoms with E-state index >= 15 is 0 Å². The summed E-state index contributed by atoms with van der Waals surface area (Å²) in [7, 11) is 0. The standard InChI is InChI=1S/C19H19BrFN3O2/c20-15-3-1-4-17(13-15)22-19(26)24-10-2-9-23(11-12-24)18(25)14-5-7-16(21)8-6-14/h1,3-8,13H,2,9-12H2,(H,22,26). The average molecular weight is 420 g/mol. The van der Waals surface area contributed by atoms with Gasteiger partial charge in [-0.15, -0.1) is 0 Å². The van der Waals surface area contributed by atoms with Crippen LogP contribution in [0, 0.1) is 5.82 Å². The minimum Gasteiger partial charge on any atom is -0.337 e. The lowest BCUT2D eigenvalue weighted by Crippen LogP contribution is -2.39. The van der Waals surface area contributed by atoms with E-state index in [0.717, 1.165) is 4.47 Å². The molecule has 1 N–H and O–H groups in total. The molecule has 2 aromatic carbocycles. The molecule has 0 aliphatic carbocycles. The predicted molar refractivity (Wildman–Crippen MR) is 102 cm³/mol. The highest BCUT2D eigenvalue weighted by Gasteiger charge is 2.23. The van der Waals surface area contributed by atoms with E-state index in [1.165, 1.54) is 24.3 Å². The number of amides is 3. The predicted octanol–water partition coefficient (Wildman–Crippen LogP) is 3.97. The quantitative estimate of drug-likeness (QED) is 0.800. The second kappa shape index (κ2) is 8.31. The molecule has 26 heavy (non-hydrogen) atoms. The van der Waals surface area contributed by atoms with Gasteiger partial charge in [0.05, 0.1) is 0 Å². The molecule has 0 radical (unpaired) electrons. The number of rotatable bonds is 2. The molecular weight excluding hydrogens is 401 g/mol. The first kappa shape index (κ1) is 18.4. The van der Waals surface area contributed by atoms with Gasteiger partial charge in [-0.1, -0.05) is 22.0 Å². The number of halogens is 2. The third-order valence-corrected chi connectivity index (χ3v) is 4.73. The van der Waals surface area contributed by atoms with Crippen molar-refractivity contribution in [2.75, 3.05) is 31.5 Å². The number of hydrogen-bond acceptors (Lipinski definition) is 2. The van der Waals surface area contributed by atoms with Crippen LogP contribution < -0.4 is 5.32 Å². The van der Waals surface area contributed by atoms with E-state index < -0.39 is 0 Å². The van der Waals surface area contributed by atoms with Crippen molar-refractivity contribution in [2.24, 2.45) is 0 Å². The van der Waals surface area contributed by atoms with E-state index in [2.05, 4.69) is 21.2 Å². The molecule has 7 heteroatoms. The fraction of sp³-hybridized carbons (Fsp3) is 0.263. The molecule has 136 valence electrons. The molecule has 0 atom stereocenters. The summed E-state index contributed by atoms with van der Waals surface area (Å²) in [5, 5.41) is 2.87. The molecule has 1 aliphatic rings. The van der Waals surface area contributed by atoms with E-state index in [4.69, 9.17) is 0 Å². The maximum Gasteiger partial charge on any atom is 0.321 e. The Morgan fingerprint density at radius 3 is 2.38 bits per heavy atom. The topological polar surface area (TPSA) is 52.7 Å². The fourth-order valence-corrected chi connectivity index (χ4v) is 3.27. The Hall–Kier alpha value is -2.41. The molecule has 0 bridgehead atoms. The normalized spacial score (nSPS) is 14.7. The van der Waals surface area contributed by atoms with Crippen LogP contribution in [0.3, 0.4) is 0 Å². The Labute approximate surface area is 159 Å². The summed E-state index contributed by atoms with van der Waals surface area (Å²) in [6, 6.07) is 12.8. The van der Waals surface area contributed by atoms with Gasteiger partial charge in [0, 0.05) is 41.9 Å². The first-order chi connectivity index (χ1) is 12.5. The molecule has 1 heterocycles. The molecule has 0 unspecified atom stereocenters. The number of urea groups is 1. The van der Waals surface area contributed by atoms with Crippen molar-refractivity contribution in [1.29, 1.82) is 0 Å². The summed E-state index contributed by atoms with van der Waals surface area (Å²) in [6.45, 7) is 2.04. The molecule has 3 rings (SSSR count). The minimum absolute atomic E-state index is 0.140. The van der Waals surface area contributed by atoms with Crippen molar-refractivity contribution in [3.05, 3.63) is 64.4 Å². The molecule has 0 aromatic heterocycles. The van der Waals surface area contributed by atoms with Gasteiger partial charge in [-0.2, -0.15) is 0 Å². The van der Waals surface area contributed by atoms with E-state index in [-0.39, 0.29) is 17.8 Å². The van der Waals surface area contributed by atoms with Crippen LogP contribution in [0.1, 0.15) is 16.8 Å². The number of hydrogen-bond donors (Lipinski definition) is 1. The molecule has 5 nitrogen and oxygen atoms in total. The van der Waals surface area contributed by atoms with Crippen LogP contribution in [0.4, 0.5) is 14.9 Å². The second-order valence-electron chi connectivity index (χ2n) is 6.08. The van der Waals surface area contributed by atoms with Gasteiger partial charge in [-0.25, -0.2) is 9.18 Å². The zero-order valence-corrected chi connectivity index (χ0v) is 15.7. The summed E-state index contributed by atoms with van der Waals surface area (Å²) in [5.41, 5.74) is 1.17. The summed E-state index contributed by atoms with van der Waals surface area (Å²) >= 11 is 3.38. The molecular formula is C19H19BrFN3O2. The van der Waals surface area contributed by atoms with Crippen LogP contribution in [-0.2, 0) is 0 Å². The molecule has 0 spiro atoms. The van der Waals surface area contributed by atoms with E-state index in [9.17, 15) is 14.0 Å². The van der Waals surface area contributed by atoms with Crippen LogP contribution in [0.25, 0.3) is 0 Å². The molecule has 0 saturated carbocycles. The maximum atomic E-state index is 13.0. The Morgan fingerprint density at radius 1 is 0.962 bits per heavy atom. The highest BCUT2D eigenvalue weighted by atomic mass is 79.9. The van der Waals surface area contributed by atoms with Gasteiger partial charge in [-0.3, -0.25) is 4.79 Å². The van der Waals surface area contributed by atoms with Crippen molar-refractivity contribution < 1.29 is 14.0 Å². The van der Waals surface area contributed by atoms with Crippen LogP contribution in [0.5, 0.6) is 0 Å². The number of carbonyl (C=O) groups is 2. The number of carbonyl (C=O) groups excluding carboxylic acids is 2. The van der Waals surface area contributed by atoms with E-state index in [1.54, 1.807) is 9.80 Å². The number of benzene rings is 2. The van der Waals surface area contributed by atoms with E-state index in [1.807, 2.05) is 24.3 Å². The summed E-state index contributed by atoms with van der Waals surface area (Å²) < 4.78 is 13.9. The van der Waals surface area contributed by atoms with Gasteiger partial charge < -0.3 is 15.1 Å². The van der Waals surface area contributed by atoms with Crippen LogP contribution in [-0.4, -0.2) is 47.9 Å². The fourth-order valence-electron chi connectivity index (χ4n) is 2.87. The first-order valence-corrected chi connectivity index (χ1v) is 9.18. The smallest absolute Gasteiger partial charge is 0.321 e. The Balaban J connectivity index is 1.59. The average Bonchev–Trinajstić information content (AvgIpc) is 2.88. The monoisotopic (exact) mass is 419 g/mol. The summed E-state index contributed by atoms with van der Waals surface area (Å²) in [4.78, 5) is 28.4. The highest BCUT2D eigenvalue weighted by Crippen LogP contribution is 2.17. The van der Waals surface area contributed by atoms with Gasteiger partial charge in [0.15, 0.2) is 0 Å². The number of nitrogens with one attached hydrogen (secondary N) is 1. The molecule has 1 fully saturated rings. The van der Waals surface area contributed by atoms with Crippen molar-refractivity contribution >= 4 is 33.6 Å². The van der Waals surface area contributed by atoms with Gasteiger partial charge in [0.1, 0.15) is 5.82 Å². The van der Waals surface area contributed by atoms with E-state index in [0.29, 0.717) is 43.9 Å². The number of nitrogens with zero attached hydrogens (tertiary/aromatic N) is 2. The van der Waals surface area contributed by atoms with Gasteiger partial charge >= 0.3 is 6.03 Å². The van der Waals surface area contributed by atoms with Gasteiger partial charge in [-0.05, 0) is 48.9 Å². The van der Waals surface area contributed by atoms with Crippen LogP contribution >= 0.6 is 15.9 Å². The number of anilines is 1. The molecule has 2 aromatic rings. The Bertz CT molecular complexity index is 798. The summed E-state index contributed by atoms with van der Waals surface area (Å²) in [5.74, 6) is -0.507. The summed E-state index contributed by atoms with van der Waals surface area (Å²) in [6.07, 6.45) is 0.693. The SMILES string of the molecule is O=C(Nc1cccc(Br)c1)N1CCCN(C(=O)c2ccc(F)cc2)CC1. The lowest BCUT2D eigenvalue weighted by atomic mass is 10.2. The largest absolute Gasteiger partial charge is 0.337 e. The van der Waals surface area contributed by atoms with Crippen molar-refractivity contribution in [1.82, 2.24) is 9.80 Å². The van der Waals surface area contributed by atoms with Crippen LogP contribution in [0.2, 0.25) is 0 Å². The highest BCUT2D eigenvalue weighted by molar-refractivity contribution is 9.10. The van der Waals surface area contributed by atoms with Crippen molar-refractivity contribution in [3.63, 3.8) is 0 Å². The Morgan fingerprint density at radius 2 is 1.65 bits per heavy atom. The third kappa shape index (κ3) is 4.60. The first-order valence-electron chi connectivity index (χ1n) is 8.39. The zero-order chi connectivity index (χ0) is 18.5.